The number of ketones is 2. The molecule has 0 fully saturated rings. The van der Waals surface area contributed by atoms with Crippen molar-refractivity contribution >= 4 is 11.6 Å². The molecule has 100 valence electrons. The molecular weight excluding hydrogens is 247 g/mol. The van der Waals surface area contributed by atoms with Gasteiger partial charge in [-0.3, -0.25) is 9.59 Å². The van der Waals surface area contributed by atoms with Crippen LogP contribution >= 0.6 is 0 Å². The van der Waals surface area contributed by atoms with E-state index in [1.165, 1.54) is 0 Å². The topological polar surface area (TPSA) is 34.1 Å². The van der Waals surface area contributed by atoms with E-state index in [2.05, 4.69) is 0 Å². The van der Waals surface area contributed by atoms with Crippen molar-refractivity contribution in [1.29, 1.82) is 0 Å². The summed E-state index contributed by atoms with van der Waals surface area (Å²) in [6, 6.07) is 0. The van der Waals surface area contributed by atoms with Crippen LogP contribution in [0.2, 0.25) is 0 Å². The lowest BCUT2D eigenvalue weighted by atomic mass is 9.95. The second-order valence-electron chi connectivity index (χ2n) is 3.96. The molecular formula is C10H13F5O2. The van der Waals surface area contributed by atoms with Crippen LogP contribution < -0.4 is 0 Å². The van der Waals surface area contributed by atoms with Crippen molar-refractivity contribution in [3.63, 3.8) is 0 Å². The first-order valence-electron chi connectivity index (χ1n) is 4.94. The Balaban J connectivity index is 4.24. The normalized spacial score (nSPS) is 14.5. The van der Waals surface area contributed by atoms with Crippen LogP contribution in [-0.2, 0) is 9.59 Å². The maximum atomic E-state index is 12.8. The number of carbonyl (C=O) groups is 2. The number of halogens is 5. The van der Waals surface area contributed by atoms with Gasteiger partial charge in [-0.05, 0) is 6.42 Å². The summed E-state index contributed by atoms with van der Waals surface area (Å²) in [5.41, 5.74) is 0. The van der Waals surface area contributed by atoms with Crippen LogP contribution in [0.4, 0.5) is 22.0 Å². The molecule has 0 rings (SSSR count). The molecule has 0 saturated carbocycles. The molecule has 0 radical (unpaired) electrons. The van der Waals surface area contributed by atoms with Crippen LogP contribution in [0, 0.1) is 5.92 Å². The Morgan fingerprint density at radius 2 is 1.59 bits per heavy atom. The first-order valence-corrected chi connectivity index (χ1v) is 4.94. The number of hydrogen-bond acceptors (Lipinski definition) is 2. The molecule has 0 saturated heterocycles. The highest BCUT2D eigenvalue weighted by Crippen LogP contribution is 2.27. The summed E-state index contributed by atoms with van der Waals surface area (Å²) in [7, 11) is 0. The number of Topliss-reactive ketones (excluding diaryl/α,β-unsaturated/α-hetero) is 2. The van der Waals surface area contributed by atoms with Crippen molar-refractivity contribution in [3.8, 4) is 0 Å². The maximum Gasteiger partial charge on any atom is 0.395 e. The molecule has 0 amide bonds. The number of alkyl halides is 5. The lowest BCUT2D eigenvalue weighted by Gasteiger charge is -2.16. The molecule has 0 spiro atoms. The minimum atomic E-state index is -4.63. The van der Waals surface area contributed by atoms with Gasteiger partial charge in [0.2, 0.25) is 0 Å². The van der Waals surface area contributed by atoms with Crippen molar-refractivity contribution in [2.45, 2.75) is 45.2 Å². The monoisotopic (exact) mass is 260 g/mol. The quantitative estimate of drug-likeness (QED) is 0.687. The Hall–Kier alpha value is -1.01. The fourth-order valence-electron chi connectivity index (χ4n) is 1.11. The summed E-state index contributed by atoms with van der Waals surface area (Å²) >= 11 is 0. The number of carbonyl (C=O) groups excluding carboxylic acids is 2. The Morgan fingerprint density at radius 1 is 1.12 bits per heavy atom. The molecule has 0 bridgehead atoms. The zero-order chi connectivity index (χ0) is 13.9. The second-order valence-corrected chi connectivity index (χ2v) is 3.96. The minimum Gasteiger partial charge on any atom is -0.299 e. The predicted octanol–water partition coefficient (Wildman–Crippen LogP) is 3.15. The second kappa shape index (κ2) is 5.55. The van der Waals surface area contributed by atoms with E-state index >= 15 is 0 Å². The summed E-state index contributed by atoms with van der Waals surface area (Å²) in [5.74, 6) is -7.21. The van der Waals surface area contributed by atoms with Gasteiger partial charge in [0.05, 0.1) is 0 Å². The third kappa shape index (κ3) is 6.33. The van der Waals surface area contributed by atoms with Crippen molar-refractivity contribution in [3.05, 3.63) is 0 Å². The van der Waals surface area contributed by atoms with Gasteiger partial charge in [0, 0.05) is 19.3 Å². The van der Waals surface area contributed by atoms with E-state index in [0.717, 1.165) is 6.92 Å². The first-order chi connectivity index (χ1) is 7.46. The summed E-state index contributed by atoms with van der Waals surface area (Å²) < 4.78 is 61.2. The Bertz CT molecular complexity index is 296. The van der Waals surface area contributed by atoms with E-state index in [0.29, 0.717) is 6.92 Å². The lowest BCUT2D eigenvalue weighted by molar-refractivity contribution is -0.155. The fraction of sp³-hybridized carbons (Fsp3) is 0.800. The molecule has 2 nitrogen and oxygen atoms in total. The van der Waals surface area contributed by atoms with Gasteiger partial charge in [-0.15, -0.1) is 0 Å². The van der Waals surface area contributed by atoms with Crippen LogP contribution in [0.25, 0.3) is 0 Å². The van der Waals surface area contributed by atoms with E-state index in [1.807, 2.05) is 0 Å². The molecule has 1 atom stereocenters. The molecule has 1 unspecified atom stereocenters. The largest absolute Gasteiger partial charge is 0.395 e. The van der Waals surface area contributed by atoms with Crippen LogP contribution in [0.5, 0.6) is 0 Å². The minimum absolute atomic E-state index is 0.443. The lowest BCUT2D eigenvalue weighted by Crippen LogP contribution is -2.28. The van der Waals surface area contributed by atoms with Gasteiger partial charge in [0.15, 0.2) is 5.78 Å². The molecule has 0 aliphatic heterocycles. The van der Waals surface area contributed by atoms with Crippen LogP contribution in [0.15, 0.2) is 0 Å². The SMILES string of the molecule is CC(=O)C(F)(F)CCC(C)C(=O)CC(F)(F)F. The third-order valence-corrected chi connectivity index (χ3v) is 2.33. The first kappa shape index (κ1) is 16.0. The molecule has 0 aromatic carbocycles. The van der Waals surface area contributed by atoms with Gasteiger partial charge in [0.1, 0.15) is 12.2 Å². The average molecular weight is 260 g/mol. The van der Waals surface area contributed by atoms with Crippen LogP contribution in [0.3, 0.4) is 0 Å². The maximum absolute atomic E-state index is 12.8. The molecule has 7 heteroatoms. The third-order valence-electron chi connectivity index (χ3n) is 2.33. The van der Waals surface area contributed by atoms with Crippen molar-refractivity contribution in [1.82, 2.24) is 0 Å². The highest BCUT2D eigenvalue weighted by molar-refractivity contribution is 5.83. The number of rotatable bonds is 6. The Labute approximate surface area is 95.2 Å². The van der Waals surface area contributed by atoms with Crippen molar-refractivity contribution in [2.75, 3.05) is 0 Å². The zero-order valence-electron chi connectivity index (χ0n) is 9.40. The van der Waals surface area contributed by atoms with Gasteiger partial charge in [-0.1, -0.05) is 6.92 Å². The molecule has 0 aliphatic rings. The van der Waals surface area contributed by atoms with Gasteiger partial charge < -0.3 is 0 Å². The van der Waals surface area contributed by atoms with Gasteiger partial charge in [0.25, 0.3) is 0 Å². The van der Waals surface area contributed by atoms with Gasteiger partial charge >= 0.3 is 12.1 Å². The van der Waals surface area contributed by atoms with Crippen molar-refractivity contribution < 1.29 is 31.5 Å². The number of hydrogen-bond donors (Lipinski definition) is 0. The summed E-state index contributed by atoms with van der Waals surface area (Å²) in [5, 5.41) is 0. The van der Waals surface area contributed by atoms with E-state index in [-0.39, 0.29) is 0 Å². The van der Waals surface area contributed by atoms with E-state index in [1.54, 1.807) is 0 Å². The molecule has 0 aliphatic carbocycles. The highest BCUT2D eigenvalue weighted by Gasteiger charge is 2.37. The molecule has 0 aromatic heterocycles. The van der Waals surface area contributed by atoms with E-state index in [4.69, 9.17) is 0 Å². The average Bonchev–Trinajstić information content (AvgIpc) is 2.11. The van der Waals surface area contributed by atoms with Crippen molar-refractivity contribution in [2.24, 2.45) is 5.92 Å². The van der Waals surface area contributed by atoms with E-state index < -0.39 is 48.8 Å². The van der Waals surface area contributed by atoms with Gasteiger partial charge in [-0.2, -0.15) is 22.0 Å². The standard InChI is InChI=1S/C10H13F5O2/c1-6(8(17)5-10(13,14)15)3-4-9(11,12)7(2)16/h6H,3-5H2,1-2H3. The fourth-order valence-corrected chi connectivity index (χ4v) is 1.11. The smallest absolute Gasteiger partial charge is 0.299 e. The zero-order valence-corrected chi connectivity index (χ0v) is 9.40. The Morgan fingerprint density at radius 3 is 1.94 bits per heavy atom. The Kier molecular flexibility index (Phi) is 5.22. The van der Waals surface area contributed by atoms with Gasteiger partial charge in [-0.25, -0.2) is 0 Å². The summed E-state index contributed by atoms with van der Waals surface area (Å²) in [6.07, 6.45) is -7.61. The predicted molar refractivity (Wildman–Crippen MR) is 49.7 cm³/mol. The summed E-state index contributed by atoms with van der Waals surface area (Å²) in [6.45, 7) is 1.84. The highest BCUT2D eigenvalue weighted by atomic mass is 19.4. The molecule has 0 heterocycles. The van der Waals surface area contributed by atoms with E-state index in [9.17, 15) is 31.5 Å². The molecule has 0 N–H and O–H groups in total. The van der Waals surface area contributed by atoms with Crippen LogP contribution in [-0.4, -0.2) is 23.7 Å². The summed E-state index contributed by atoms with van der Waals surface area (Å²) in [4.78, 5) is 21.5. The molecule has 17 heavy (non-hydrogen) atoms. The molecule has 0 aromatic rings. The van der Waals surface area contributed by atoms with Crippen LogP contribution in [0.1, 0.15) is 33.1 Å².